The molecule has 1 aromatic carbocycles. The highest BCUT2D eigenvalue weighted by atomic mass is 19.2. The van der Waals surface area contributed by atoms with Crippen LogP contribution in [-0.4, -0.2) is 63.9 Å². The average molecular weight is 478 g/mol. The molecule has 34 heavy (non-hydrogen) atoms. The molecule has 184 valence electrons. The molecule has 1 atom stereocenters. The lowest BCUT2D eigenvalue weighted by Gasteiger charge is -2.38. The summed E-state index contributed by atoms with van der Waals surface area (Å²) >= 11 is 0. The zero-order chi connectivity index (χ0) is 24.8. The SMILES string of the molecule is CN1CCCn2c(-c3cc(F)c(F)cc3F)nc(C(=O)N[C@H](C(=O)N3CCC3)C(C)(C)C)c2C1. The summed E-state index contributed by atoms with van der Waals surface area (Å²) in [5.74, 6) is -4.09. The van der Waals surface area contributed by atoms with Crippen molar-refractivity contribution in [2.24, 2.45) is 5.41 Å². The van der Waals surface area contributed by atoms with E-state index in [1.165, 1.54) is 0 Å². The van der Waals surface area contributed by atoms with Crippen LogP contribution in [0.5, 0.6) is 0 Å². The van der Waals surface area contributed by atoms with Crippen molar-refractivity contribution in [2.75, 3.05) is 26.7 Å². The Morgan fingerprint density at radius 1 is 1.00 bits per heavy atom. The van der Waals surface area contributed by atoms with Crippen molar-refractivity contribution >= 4 is 11.8 Å². The summed E-state index contributed by atoms with van der Waals surface area (Å²) < 4.78 is 43.9. The van der Waals surface area contributed by atoms with Crippen molar-refractivity contribution in [1.82, 2.24) is 24.7 Å². The zero-order valence-electron chi connectivity index (χ0n) is 19.9. The first-order valence-electron chi connectivity index (χ1n) is 11.5. The van der Waals surface area contributed by atoms with E-state index in [0.717, 1.165) is 19.0 Å². The van der Waals surface area contributed by atoms with Gasteiger partial charge < -0.3 is 19.7 Å². The fraction of sp³-hybridized carbons (Fsp3) is 0.542. The maximum Gasteiger partial charge on any atom is 0.272 e. The highest BCUT2D eigenvalue weighted by molar-refractivity contribution is 5.98. The maximum absolute atomic E-state index is 14.7. The van der Waals surface area contributed by atoms with Gasteiger partial charge in [0.2, 0.25) is 5.91 Å². The molecule has 2 aromatic rings. The molecule has 2 aliphatic rings. The molecule has 2 aliphatic heterocycles. The lowest BCUT2D eigenvalue weighted by Crippen LogP contribution is -2.57. The lowest BCUT2D eigenvalue weighted by atomic mass is 9.85. The van der Waals surface area contributed by atoms with Gasteiger partial charge in [-0.1, -0.05) is 20.8 Å². The molecule has 4 rings (SSSR count). The molecule has 0 aliphatic carbocycles. The molecule has 0 spiro atoms. The first-order valence-corrected chi connectivity index (χ1v) is 11.5. The largest absolute Gasteiger partial charge is 0.341 e. The van der Waals surface area contributed by atoms with E-state index >= 15 is 0 Å². The first-order chi connectivity index (χ1) is 16.0. The normalized spacial score (nSPS) is 17.6. The number of hydrogen-bond donors (Lipinski definition) is 1. The Hall–Kier alpha value is -2.88. The van der Waals surface area contributed by atoms with Crippen LogP contribution in [0.2, 0.25) is 0 Å². The number of likely N-dealkylation sites (tertiary alicyclic amines) is 1. The van der Waals surface area contributed by atoms with Gasteiger partial charge in [-0.3, -0.25) is 9.59 Å². The summed E-state index contributed by atoms with van der Waals surface area (Å²) in [6, 6.07) is 0.475. The van der Waals surface area contributed by atoms with Crippen LogP contribution in [0.4, 0.5) is 13.2 Å². The number of nitrogens with one attached hydrogen (secondary N) is 1. The minimum absolute atomic E-state index is 0.0542. The van der Waals surface area contributed by atoms with Gasteiger partial charge in [0.1, 0.15) is 17.7 Å². The second kappa shape index (κ2) is 9.05. The van der Waals surface area contributed by atoms with Gasteiger partial charge >= 0.3 is 0 Å². The first kappa shape index (κ1) is 24.3. The molecular weight excluding hydrogens is 447 g/mol. The quantitative estimate of drug-likeness (QED) is 0.687. The highest BCUT2D eigenvalue weighted by Crippen LogP contribution is 2.30. The smallest absolute Gasteiger partial charge is 0.272 e. The molecule has 2 amide bonds. The molecular formula is C24H30F3N5O2. The number of carbonyl (C=O) groups excluding carboxylic acids is 2. The van der Waals surface area contributed by atoms with Crippen LogP contribution in [0.25, 0.3) is 11.4 Å². The number of nitrogens with zero attached hydrogens (tertiary/aromatic N) is 4. The van der Waals surface area contributed by atoms with Gasteiger partial charge in [-0.05, 0) is 37.9 Å². The topological polar surface area (TPSA) is 70.5 Å². The zero-order valence-corrected chi connectivity index (χ0v) is 19.9. The van der Waals surface area contributed by atoms with Crippen molar-refractivity contribution < 1.29 is 22.8 Å². The number of benzene rings is 1. The van der Waals surface area contributed by atoms with Crippen LogP contribution in [0.15, 0.2) is 12.1 Å². The van der Waals surface area contributed by atoms with Crippen LogP contribution in [0, 0.1) is 22.9 Å². The third kappa shape index (κ3) is 4.55. The molecule has 10 heteroatoms. The van der Waals surface area contributed by atoms with E-state index in [0.29, 0.717) is 44.4 Å². The Morgan fingerprint density at radius 3 is 2.26 bits per heavy atom. The lowest BCUT2D eigenvalue weighted by molar-refractivity contribution is -0.139. The van der Waals surface area contributed by atoms with E-state index in [1.807, 2.05) is 32.7 Å². The molecule has 1 fully saturated rings. The van der Waals surface area contributed by atoms with Gasteiger partial charge in [0.15, 0.2) is 17.3 Å². The van der Waals surface area contributed by atoms with Gasteiger partial charge in [-0.15, -0.1) is 0 Å². The van der Waals surface area contributed by atoms with Crippen LogP contribution in [-0.2, 0) is 17.9 Å². The molecule has 3 heterocycles. The van der Waals surface area contributed by atoms with Gasteiger partial charge in [0, 0.05) is 32.2 Å². The molecule has 0 unspecified atom stereocenters. The summed E-state index contributed by atoms with van der Waals surface area (Å²) in [6.07, 6.45) is 1.64. The summed E-state index contributed by atoms with van der Waals surface area (Å²) in [5, 5.41) is 2.86. The minimum atomic E-state index is -1.29. The number of amides is 2. The fourth-order valence-electron chi connectivity index (χ4n) is 4.37. The van der Waals surface area contributed by atoms with E-state index in [2.05, 4.69) is 10.3 Å². The van der Waals surface area contributed by atoms with Crippen molar-refractivity contribution in [3.63, 3.8) is 0 Å². The number of hydrogen-bond acceptors (Lipinski definition) is 4. The number of carbonyl (C=O) groups is 2. The molecule has 0 bridgehead atoms. The number of fused-ring (bicyclic) bond motifs is 1. The Labute approximate surface area is 196 Å². The third-order valence-electron chi connectivity index (χ3n) is 6.44. The molecule has 0 radical (unpaired) electrons. The third-order valence-corrected chi connectivity index (χ3v) is 6.44. The van der Waals surface area contributed by atoms with E-state index in [1.54, 1.807) is 9.47 Å². The van der Waals surface area contributed by atoms with Gasteiger partial charge in [0.25, 0.3) is 5.91 Å². The number of imidazole rings is 1. The van der Waals surface area contributed by atoms with Crippen molar-refractivity contribution in [3.05, 3.63) is 41.0 Å². The van der Waals surface area contributed by atoms with Crippen molar-refractivity contribution in [2.45, 2.75) is 52.7 Å². The van der Waals surface area contributed by atoms with E-state index < -0.39 is 34.8 Å². The second-order valence-electron chi connectivity index (χ2n) is 10.2. The summed E-state index contributed by atoms with van der Waals surface area (Å²) in [7, 11) is 1.90. The predicted octanol–water partition coefficient (Wildman–Crippen LogP) is 3.18. The second-order valence-corrected chi connectivity index (χ2v) is 10.2. The van der Waals surface area contributed by atoms with Crippen LogP contribution in [0.1, 0.15) is 49.8 Å². The molecule has 7 nitrogen and oxygen atoms in total. The van der Waals surface area contributed by atoms with Crippen LogP contribution < -0.4 is 5.32 Å². The van der Waals surface area contributed by atoms with Gasteiger partial charge in [-0.25, -0.2) is 18.2 Å². The van der Waals surface area contributed by atoms with E-state index in [4.69, 9.17) is 0 Å². The summed E-state index contributed by atoms with van der Waals surface area (Å²) in [4.78, 5) is 34.6. The maximum atomic E-state index is 14.7. The molecule has 1 aromatic heterocycles. The van der Waals surface area contributed by atoms with Crippen LogP contribution >= 0.6 is 0 Å². The molecule has 1 N–H and O–H groups in total. The number of aromatic nitrogens is 2. The van der Waals surface area contributed by atoms with E-state index in [9.17, 15) is 22.8 Å². The van der Waals surface area contributed by atoms with Crippen molar-refractivity contribution in [3.8, 4) is 11.4 Å². The number of halogens is 3. The van der Waals surface area contributed by atoms with Crippen LogP contribution in [0.3, 0.4) is 0 Å². The van der Waals surface area contributed by atoms with Gasteiger partial charge in [0.05, 0.1) is 11.3 Å². The van der Waals surface area contributed by atoms with E-state index in [-0.39, 0.29) is 23.0 Å². The number of rotatable bonds is 4. The van der Waals surface area contributed by atoms with Crippen molar-refractivity contribution in [1.29, 1.82) is 0 Å². The Kier molecular flexibility index (Phi) is 6.46. The molecule has 1 saturated heterocycles. The standard InChI is InChI=1S/C24H30F3N5O2/c1-24(2,3)20(23(34)31-8-6-9-31)29-22(33)19-18-13-30(4)7-5-10-32(18)21(28-19)14-11-16(26)17(27)12-15(14)25/h11-12,20H,5-10,13H2,1-4H3,(H,29,33)/t20-/m1/s1. The predicted molar refractivity (Wildman–Crippen MR) is 120 cm³/mol. The summed E-state index contributed by atoms with van der Waals surface area (Å²) in [6.45, 7) is 8.47. The minimum Gasteiger partial charge on any atom is -0.341 e. The Balaban J connectivity index is 1.76. The Morgan fingerprint density at radius 2 is 1.65 bits per heavy atom. The monoisotopic (exact) mass is 477 g/mol. The fourth-order valence-corrected chi connectivity index (χ4v) is 4.37. The summed E-state index contributed by atoms with van der Waals surface area (Å²) in [5.41, 5.74) is -0.169. The molecule has 0 saturated carbocycles. The average Bonchev–Trinajstić information content (AvgIpc) is 2.92. The van der Waals surface area contributed by atoms with Gasteiger partial charge in [-0.2, -0.15) is 0 Å². The highest BCUT2D eigenvalue weighted by Gasteiger charge is 2.38. The Bertz CT molecular complexity index is 1120.